The predicted octanol–water partition coefficient (Wildman–Crippen LogP) is 3.41. The van der Waals surface area contributed by atoms with Crippen LogP contribution >= 0.6 is 0 Å². The van der Waals surface area contributed by atoms with Crippen LogP contribution in [-0.4, -0.2) is 55.1 Å². The highest BCUT2D eigenvalue weighted by Crippen LogP contribution is 2.37. The molecular formula is C29H31F3N10O2. The van der Waals surface area contributed by atoms with Crippen molar-refractivity contribution in [2.45, 2.75) is 51.4 Å². The lowest BCUT2D eigenvalue weighted by molar-refractivity contribution is -0.141. The van der Waals surface area contributed by atoms with Crippen LogP contribution in [0.3, 0.4) is 0 Å². The van der Waals surface area contributed by atoms with E-state index in [2.05, 4.69) is 31.0 Å². The van der Waals surface area contributed by atoms with Gasteiger partial charge in [0.1, 0.15) is 6.54 Å². The molecule has 0 unspecified atom stereocenters. The molecule has 5 rings (SSSR count). The van der Waals surface area contributed by atoms with Gasteiger partial charge < -0.3 is 21.7 Å². The molecule has 1 aromatic carbocycles. The summed E-state index contributed by atoms with van der Waals surface area (Å²) in [4.78, 5) is 33.8. The van der Waals surface area contributed by atoms with Gasteiger partial charge in [0.05, 0.1) is 23.5 Å². The van der Waals surface area contributed by atoms with Crippen LogP contribution in [0.5, 0.6) is 0 Å². The first kappa shape index (κ1) is 30.5. The molecule has 2 atom stereocenters. The van der Waals surface area contributed by atoms with Crippen molar-refractivity contribution in [1.29, 1.82) is 5.26 Å². The summed E-state index contributed by atoms with van der Waals surface area (Å²) in [6.07, 6.45) is 3.48. The summed E-state index contributed by atoms with van der Waals surface area (Å²) in [5.41, 5.74) is 6.78. The molecule has 1 aliphatic rings. The molecule has 0 radical (unpaired) electrons. The normalized spacial score (nSPS) is 16.5. The molecule has 0 aliphatic heterocycles. The number of nitrogens with two attached hydrogens (primary N) is 1. The van der Waals surface area contributed by atoms with E-state index in [-0.39, 0.29) is 59.6 Å². The summed E-state index contributed by atoms with van der Waals surface area (Å²) < 4.78 is 43.6. The van der Waals surface area contributed by atoms with Crippen LogP contribution in [0.2, 0.25) is 0 Å². The summed E-state index contributed by atoms with van der Waals surface area (Å²) in [6.45, 7) is 2.15. The second-order valence-electron chi connectivity index (χ2n) is 10.5. The monoisotopic (exact) mass is 608 g/mol. The van der Waals surface area contributed by atoms with Gasteiger partial charge in [0.25, 0.3) is 5.91 Å². The van der Waals surface area contributed by atoms with E-state index in [1.165, 1.54) is 29.2 Å². The average molecular weight is 609 g/mol. The van der Waals surface area contributed by atoms with Gasteiger partial charge in [-0.3, -0.25) is 18.7 Å². The summed E-state index contributed by atoms with van der Waals surface area (Å²) in [7, 11) is 0. The number of carbonyl (C=O) groups is 2. The largest absolute Gasteiger partial charge is 0.435 e. The third-order valence-electron chi connectivity index (χ3n) is 7.51. The molecule has 0 bridgehead atoms. The molecule has 15 heteroatoms. The number of imidazole rings is 1. The zero-order chi connectivity index (χ0) is 31.4. The second kappa shape index (κ2) is 12.7. The molecule has 5 N–H and O–H groups in total. The summed E-state index contributed by atoms with van der Waals surface area (Å²) in [5.74, 6) is -0.108. The fourth-order valence-electron chi connectivity index (χ4n) is 5.36. The molecule has 2 amide bonds. The van der Waals surface area contributed by atoms with Crippen molar-refractivity contribution in [3.63, 3.8) is 0 Å². The van der Waals surface area contributed by atoms with Crippen molar-refractivity contribution in [3.8, 4) is 17.3 Å². The number of rotatable bonds is 10. The lowest BCUT2D eigenvalue weighted by Gasteiger charge is -2.14. The van der Waals surface area contributed by atoms with Crippen molar-refractivity contribution in [2.24, 2.45) is 11.7 Å². The van der Waals surface area contributed by atoms with Crippen LogP contribution in [0.25, 0.3) is 16.9 Å². The number of benzene rings is 1. The second-order valence-corrected chi connectivity index (χ2v) is 10.5. The van der Waals surface area contributed by atoms with Crippen LogP contribution in [0.4, 0.5) is 24.7 Å². The van der Waals surface area contributed by atoms with Gasteiger partial charge in [0, 0.05) is 54.9 Å². The van der Waals surface area contributed by atoms with E-state index >= 15 is 0 Å². The zero-order valence-electron chi connectivity index (χ0n) is 23.9. The van der Waals surface area contributed by atoms with E-state index in [9.17, 15) is 22.8 Å². The molecule has 0 saturated heterocycles. The molecule has 1 saturated carbocycles. The number of amides is 2. The van der Waals surface area contributed by atoms with Crippen LogP contribution in [0.1, 0.15) is 47.8 Å². The Kier molecular flexibility index (Phi) is 8.81. The minimum Gasteiger partial charge on any atom is -0.354 e. The lowest BCUT2D eigenvalue weighted by atomic mass is 10.0. The highest BCUT2D eigenvalue weighted by Gasteiger charge is 2.38. The molecule has 12 nitrogen and oxygen atoms in total. The Morgan fingerprint density at radius 1 is 1.18 bits per heavy atom. The van der Waals surface area contributed by atoms with Gasteiger partial charge in [-0.05, 0) is 49.4 Å². The first-order valence-electron chi connectivity index (χ1n) is 14.1. The first-order valence-corrected chi connectivity index (χ1v) is 14.1. The SMILES string of the molecule is CCc1cc(Nc2nccn3c(-c4cn(CC#N)nc4C(F)(F)F)cnc23)ccc1C(=O)NCCNC(=O)[C@H]1CC[C@@H](N)C1. The van der Waals surface area contributed by atoms with E-state index in [0.29, 0.717) is 30.6 Å². The van der Waals surface area contributed by atoms with Gasteiger partial charge in [0.2, 0.25) is 5.91 Å². The number of nitrogens with zero attached hydrogens (tertiary/aromatic N) is 6. The Labute approximate surface area is 250 Å². The van der Waals surface area contributed by atoms with E-state index in [4.69, 9.17) is 11.0 Å². The number of carbonyl (C=O) groups excluding carboxylic acids is 2. The van der Waals surface area contributed by atoms with Gasteiger partial charge >= 0.3 is 6.18 Å². The third-order valence-corrected chi connectivity index (χ3v) is 7.51. The van der Waals surface area contributed by atoms with E-state index in [1.54, 1.807) is 24.3 Å². The Morgan fingerprint density at radius 2 is 1.98 bits per heavy atom. The van der Waals surface area contributed by atoms with Crippen molar-refractivity contribution < 1.29 is 22.8 Å². The number of hydrogen-bond acceptors (Lipinski definition) is 8. The Balaban J connectivity index is 1.29. The summed E-state index contributed by atoms with van der Waals surface area (Å²) in [6, 6.07) is 7.02. The van der Waals surface area contributed by atoms with Gasteiger partial charge in [-0.2, -0.15) is 23.5 Å². The average Bonchev–Trinajstić information content (AvgIpc) is 3.73. The Morgan fingerprint density at radius 3 is 2.68 bits per heavy atom. The van der Waals surface area contributed by atoms with E-state index in [0.717, 1.165) is 23.1 Å². The number of anilines is 2. The smallest absolute Gasteiger partial charge is 0.354 e. The minimum absolute atomic E-state index is 0.0417. The maximum absolute atomic E-state index is 13.7. The fraction of sp³-hybridized carbons (Fsp3) is 0.379. The number of nitriles is 1. The molecule has 44 heavy (non-hydrogen) atoms. The Bertz CT molecular complexity index is 1720. The number of aromatic nitrogens is 5. The van der Waals surface area contributed by atoms with Crippen LogP contribution in [0.15, 0.2) is 43.0 Å². The fourth-order valence-corrected chi connectivity index (χ4v) is 5.36. The maximum Gasteiger partial charge on any atom is 0.435 e. The quantitative estimate of drug-likeness (QED) is 0.199. The molecule has 1 aliphatic carbocycles. The van der Waals surface area contributed by atoms with Crippen molar-refractivity contribution in [1.82, 2.24) is 34.8 Å². The lowest BCUT2D eigenvalue weighted by Crippen LogP contribution is -2.37. The topological polar surface area (TPSA) is 168 Å². The molecule has 230 valence electrons. The summed E-state index contributed by atoms with van der Waals surface area (Å²) in [5, 5.41) is 21.3. The maximum atomic E-state index is 13.7. The van der Waals surface area contributed by atoms with Crippen LogP contribution in [-0.2, 0) is 23.9 Å². The first-order chi connectivity index (χ1) is 21.1. The van der Waals surface area contributed by atoms with Gasteiger partial charge in [-0.15, -0.1) is 0 Å². The number of aryl methyl sites for hydroxylation is 1. The highest BCUT2D eigenvalue weighted by atomic mass is 19.4. The number of hydrogen-bond donors (Lipinski definition) is 4. The number of halogens is 3. The van der Waals surface area contributed by atoms with Crippen molar-refractivity contribution in [2.75, 3.05) is 18.4 Å². The molecule has 4 aromatic rings. The van der Waals surface area contributed by atoms with Gasteiger partial charge in [0.15, 0.2) is 17.2 Å². The number of nitrogens with one attached hydrogen (secondary N) is 3. The van der Waals surface area contributed by atoms with Gasteiger partial charge in [-0.25, -0.2) is 9.97 Å². The summed E-state index contributed by atoms with van der Waals surface area (Å²) >= 11 is 0. The standard InChI is InChI=1S/C29H31F3N10O2/c1-2-17-14-20(5-6-21(17)28(44)37-9-8-36-27(43)18-3-4-19(34)13-18)39-25-26-38-15-23(42(26)12-10-35-25)22-16-41(11-7-33)40-24(22)29(30,31)32/h5-6,10,12,14-16,18-19H,2-4,8-9,11,13,34H2,1H3,(H,35,39)(H,36,43)(H,37,44)/t18-,19+/m0/s1. The van der Waals surface area contributed by atoms with Crippen molar-refractivity contribution in [3.05, 3.63) is 59.8 Å². The van der Waals surface area contributed by atoms with Crippen LogP contribution < -0.4 is 21.7 Å². The predicted molar refractivity (Wildman–Crippen MR) is 155 cm³/mol. The van der Waals surface area contributed by atoms with Gasteiger partial charge in [-0.1, -0.05) is 6.92 Å². The zero-order valence-corrected chi connectivity index (χ0v) is 23.9. The number of alkyl halides is 3. The van der Waals surface area contributed by atoms with E-state index < -0.39 is 11.9 Å². The van der Waals surface area contributed by atoms with E-state index in [1.807, 2.05) is 6.92 Å². The minimum atomic E-state index is -4.74. The van der Waals surface area contributed by atoms with Crippen molar-refractivity contribution >= 4 is 29.0 Å². The molecule has 0 spiro atoms. The van der Waals surface area contributed by atoms with Crippen LogP contribution in [0, 0.1) is 17.2 Å². The molecule has 3 aromatic heterocycles. The third kappa shape index (κ3) is 6.50. The number of fused-ring (bicyclic) bond motifs is 1. The Hall–Kier alpha value is -4.97. The molecule has 3 heterocycles. The molecular weight excluding hydrogens is 577 g/mol. The molecule has 1 fully saturated rings. The highest BCUT2D eigenvalue weighted by molar-refractivity contribution is 5.96.